The molecule has 0 radical (unpaired) electrons. The molecule has 0 aromatic heterocycles. The molecule has 1 atom stereocenters. The highest BCUT2D eigenvalue weighted by atomic mass is 32.2. The molecule has 90 valence electrons. The number of nitrogens with one attached hydrogen (secondary N) is 2. The molecule has 6 heteroatoms. The van der Waals surface area contributed by atoms with E-state index in [1.165, 1.54) is 0 Å². The summed E-state index contributed by atoms with van der Waals surface area (Å²) in [6, 6.07) is 0.0979. The first-order chi connectivity index (χ1) is 6.99. The highest BCUT2D eigenvalue weighted by Gasteiger charge is 2.17. The van der Waals surface area contributed by atoms with E-state index in [0.29, 0.717) is 19.8 Å². The zero-order chi connectivity index (χ0) is 11.3. The molecule has 5 nitrogen and oxygen atoms in total. The molecule has 2 N–H and O–H groups in total. The van der Waals surface area contributed by atoms with Crippen molar-refractivity contribution in [2.24, 2.45) is 5.92 Å². The molecule has 0 spiro atoms. The molecule has 1 unspecified atom stereocenters. The van der Waals surface area contributed by atoms with E-state index < -0.39 is 10.0 Å². The van der Waals surface area contributed by atoms with Gasteiger partial charge in [-0.05, 0) is 5.92 Å². The van der Waals surface area contributed by atoms with Gasteiger partial charge in [-0.1, -0.05) is 13.8 Å². The summed E-state index contributed by atoms with van der Waals surface area (Å²) in [6.07, 6.45) is 0. The summed E-state index contributed by atoms with van der Waals surface area (Å²) in [5.41, 5.74) is 0. The van der Waals surface area contributed by atoms with Crippen molar-refractivity contribution in [2.45, 2.75) is 19.9 Å². The van der Waals surface area contributed by atoms with Gasteiger partial charge in [-0.25, -0.2) is 13.1 Å². The third-order valence-electron chi connectivity index (χ3n) is 2.10. The van der Waals surface area contributed by atoms with Crippen LogP contribution < -0.4 is 10.0 Å². The fourth-order valence-electron chi connectivity index (χ4n) is 1.48. The Morgan fingerprint density at radius 1 is 1.53 bits per heavy atom. The standard InChI is InChI=1S/C9H20N2O3S/c1-8(2)7-15(12,13)11-5-9-6-14-4-3-10-9/h8-11H,3-7H2,1-2H3. The molecule has 1 rings (SSSR count). The summed E-state index contributed by atoms with van der Waals surface area (Å²) in [6.45, 7) is 6.26. The van der Waals surface area contributed by atoms with Crippen LogP contribution in [-0.2, 0) is 14.8 Å². The van der Waals surface area contributed by atoms with Crippen LogP contribution in [0.3, 0.4) is 0 Å². The average Bonchev–Trinajstić information content (AvgIpc) is 2.15. The molecule has 1 saturated heterocycles. The molecular weight excluding hydrogens is 216 g/mol. The van der Waals surface area contributed by atoms with Crippen molar-refractivity contribution >= 4 is 10.0 Å². The van der Waals surface area contributed by atoms with Crippen molar-refractivity contribution in [3.8, 4) is 0 Å². The molecule has 15 heavy (non-hydrogen) atoms. The van der Waals surface area contributed by atoms with E-state index in [9.17, 15) is 8.42 Å². The molecule has 0 amide bonds. The second kappa shape index (κ2) is 5.79. The van der Waals surface area contributed by atoms with Gasteiger partial charge >= 0.3 is 0 Å². The van der Waals surface area contributed by atoms with Gasteiger partial charge in [-0.2, -0.15) is 0 Å². The Morgan fingerprint density at radius 2 is 2.27 bits per heavy atom. The van der Waals surface area contributed by atoms with E-state index in [1.54, 1.807) is 0 Å². The zero-order valence-electron chi connectivity index (χ0n) is 9.32. The van der Waals surface area contributed by atoms with Crippen LogP contribution in [0.15, 0.2) is 0 Å². The first kappa shape index (κ1) is 12.9. The van der Waals surface area contributed by atoms with Gasteiger partial charge in [0.05, 0.1) is 19.0 Å². The van der Waals surface area contributed by atoms with Crippen LogP contribution in [0.5, 0.6) is 0 Å². The normalized spacial score (nSPS) is 23.3. The SMILES string of the molecule is CC(C)CS(=O)(=O)NCC1COCCN1. The molecule has 0 bridgehead atoms. The minimum Gasteiger partial charge on any atom is -0.378 e. The molecule has 0 aliphatic carbocycles. The monoisotopic (exact) mass is 236 g/mol. The Bertz CT molecular complexity index is 271. The second-order valence-electron chi connectivity index (χ2n) is 4.25. The third-order valence-corrected chi connectivity index (χ3v) is 3.81. The first-order valence-electron chi connectivity index (χ1n) is 5.28. The maximum atomic E-state index is 11.5. The predicted octanol–water partition coefficient (Wildman–Crippen LogP) is -0.450. The molecular formula is C9H20N2O3S. The molecule has 0 aromatic carbocycles. The topological polar surface area (TPSA) is 67.4 Å². The van der Waals surface area contributed by atoms with Crippen molar-refractivity contribution in [1.29, 1.82) is 0 Å². The van der Waals surface area contributed by atoms with Gasteiger partial charge < -0.3 is 10.1 Å². The number of hydrogen-bond acceptors (Lipinski definition) is 4. The molecule has 0 aromatic rings. The maximum Gasteiger partial charge on any atom is 0.211 e. The van der Waals surface area contributed by atoms with Crippen LogP contribution in [0.2, 0.25) is 0 Å². The van der Waals surface area contributed by atoms with E-state index in [1.807, 2.05) is 13.8 Å². The molecule has 1 fully saturated rings. The second-order valence-corrected chi connectivity index (χ2v) is 6.10. The minimum absolute atomic E-state index is 0.0979. The number of morpholine rings is 1. The van der Waals surface area contributed by atoms with E-state index >= 15 is 0 Å². The van der Waals surface area contributed by atoms with E-state index in [0.717, 1.165) is 6.54 Å². The van der Waals surface area contributed by atoms with Gasteiger partial charge in [-0.15, -0.1) is 0 Å². The Labute approximate surface area is 91.6 Å². The Morgan fingerprint density at radius 3 is 2.80 bits per heavy atom. The fourth-order valence-corrected chi connectivity index (χ4v) is 2.93. The van der Waals surface area contributed by atoms with Crippen molar-refractivity contribution < 1.29 is 13.2 Å². The number of rotatable bonds is 5. The van der Waals surface area contributed by atoms with Crippen LogP contribution in [0, 0.1) is 5.92 Å². The summed E-state index contributed by atoms with van der Waals surface area (Å²) < 4.78 is 30.8. The Balaban J connectivity index is 2.28. The summed E-state index contributed by atoms with van der Waals surface area (Å²) in [7, 11) is -3.13. The van der Waals surface area contributed by atoms with E-state index in [2.05, 4.69) is 10.0 Å². The summed E-state index contributed by atoms with van der Waals surface area (Å²) in [5, 5.41) is 3.19. The third kappa shape index (κ3) is 5.46. The zero-order valence-corrected chi connectivity index (χ0v) is 10.1. The van der Waals surface area contributed by atoms with Crippen LogP contribution in [0.25, 0.3) is 0 Å². The van der Waals surface area contributed by atoms with Crippen molar-refractivity contribution in [3.05, 3.63) is 0 Å². The number of sulfonamides is 1. The lowest BCUT2D eigenvalue weighted by Crippen LogP contribution is -2.48. The minimum atomic E-state index is -3.13. The van der Waals surface area contributed by atoms with Gasteiger partial charge in [0.1, 0.15) is 0 Å². The smallest absolute Gasteiger partial charge is 0.211 e. The van der Waals surface area contributed by atoms with Crippen molar-refractivity contribution in [2.75, 3.05) is 32.1 Å². The Kier molecular flexibility index (Phi) is 4.98. The van der Waals surface area contributed by atoms with Crippen LogP contribution >= 0.6 is 0 Å². The maximum absolute atomic E-state index is 11.5. The quantitative estimate of drug-likeness (QED) is 0.678. The van der Waals surface area contributed by atoms with Gasteiger partial charge in [0.15, 0.2) is 0 Å². The highest BCUT2D eigenvalue weighted by Crippen LogP contribution is 1.98. The highest BCUT2D eigenvalue weighted by molar-refractivity contribution is 7.89. The fraction of sp³-hybridized carbons (Fsp3) is 1.00. The van der Waals surface area contributed by atoms with Gasteiger partial charge in [0.25, 0.3) is 0 Å². The number of hydrogen-bond donors (Lipinski definition) is 2. The van der Waals surface area contributed by atoms with Gasteiger partial charge in [-0.3, -0.25) is 0 Å². The molecule has 1 heterocycles. The summed E-state index contributed by atoms with van der Waals surface area (Å²) >= 11 is 0. The van der Waals surface area contributed by atoms with Crippen LogP contribution in [0.1, 0.15) is 13.8 Å². The molecule has 1 aliphatic heterocycles. The van der Waals surface area contributed by atoms with Crippen molar-refractivity contribution in [1.82, 2.24) is 10.0 Å². The lowest BCUT2D eigenvalue weighted by molar-refractivity contribution is 0.0784. The molecule has 0 saturated carbocycles. The first-order valence-corrected chi connectivity index (χ1v) is 6.93. The average molecular weight is 236 g/mol. The summed E-state index contributed by atoms with van der Waals surface area (Å²) in [5.74, 6) is 0.332. The Hall–Kier alpha value is -0.170. The van der Waals surface area contributed by atoms with Gasteiger partial charge in [0.2, 0.25) is 10.0 Å². The predicted molar refractivity (Wildman–Crippen MR) is 59.2 cm³/mol. The van der Waals surface area contributed by atoms with E-state index in [-0.39, 0.29) is 17.7 Å². The lowest BCUT2D eigenvalue weighted by Gasteiger charge is -2.24. The van der Waals surface area contributed by atoms with Crippen LogP contribution in [-0.4, -0.2) is 46.5 Å². The molecule has 1 aliphatic rings. The van der Waals surface area contributed by atoms with Gasteiger partial charge in [0, 0.05) is 19.1 Å². The van der Waals surface area contributed by atoms with Crippen molar-refractivity contribution in [3.63, 3.8) is 0 Å². The number of ether oxygens (including phenoxy) is 1. The summed E-state index contributed by atoms with van der Waals surface area (Å²) in [4.78, 5) is 0. The largest absolute Gasteiger partial charge is 0.378 e. The lowest BCUT2D eigenvalue weighted by atomic mass is 10.3. The van der Waals surface area contributed by atoms with E-state index in [4.69, 9.17) is 4.74 Å². The van der Waals surface area contributed by atoms with Crippen LogP contribution in [0.4, 0.5) is 0 Å².